The van der Waals surface area contributed by atoms with Crippen LogP contribution in [0.5, 0.6) is 5.75 Å². The number of hydrogen-bond acceptors (Lipinski definition) is 7. The van der Waals surface area contributed by atoms with Crippen molar-refractivity contribution < 1.29 is 5.11 Å². The number of phenols is 1. The lowest BCUT2D eigenvalue weighted by Crippen LogP contribution is -2.45. The molecule has 2 aromatic heterocycles. The molecule has 3 aromatic rings. The van der Waals surface area contributed by atoms with E-state index >= 15 is 0 Å². The zero-order valence-corrected chi connectivity index (χ0v) is 18.8. The van der Waals surface area contributed by atoms with E-state index in [0.29, 0.717) is 23.2 Å². The van der Waals surface area contributed by atoms with Crippen LogP contribution in [-0.2, 0) is 0 Å². The Morgan fingerprint density at radius 1 is 1.13 bits per heavy atom. The molecule has 30 heavy (non-hydrogen) atoms. The van der Waals surface area contributed by atoms with E-state index in [0.717, 1.165) is 30.6 Å². The topological polar surface area (TPSA) is 103 Å². The molecule has 1 aliphatic heterocycles. The number of halogens is 2. The van der Waals surface area contributed by atoms with Gasteiger partial charge in [-0.1, -0.05) is 6.07 Å². The number of anilines is 1. The van der Waals surface area contributed by atoms with Crippen molar-refractivity contribution in [2.45, 2.75) is 38.8 Å². The van der Waals surface area contributed by atoms with Crippen molar-refractivity contribution in [3.05, 3.63) is 36.8 Å². The van der Waals surface area contributed by atoms with E-state index in [-0.39, 0.29) is 36.1 Å². The average molecular weight is 452 g/mol. The van der Waals surface area contributed by atoms with Crippen LogP contribution in [0, 0.1) is 0 Å². The minimum atomic E-state index is 0. The van der Waals surface area contributed by atoms with Gasteiger partial charge in [0.15, 0.2) is 0 Å². The first-order chi connectivity index (χ1) is 13.4. The number of rotatable bonds is 4. The van der Waals surface area contributed by atoms with Gasteiger partial charge in [-0.2, -0.15) is 5.10 Å². The van der Waals surface area contributed by atoms with Gasteiger partial charge < -0.3 is 15.3 Å². The number of hydrogen-bond donors (Lipinski definition) is 3. The van der Waals surface area contributed by atoms with Gasteiger partial charge in [0.05, 0.1) is 12.4 Å². The van der Waals surface area contributed by atoms with Crippen LogP contribution in [0.2, 0.25) is 0 Å². The number of aromatic amines is 1. The fourth-order valence-corrected chi connectivity index (χ4v) is 3.55. The molecule has 1 saturated heterocycles. The van der Waals surface area contributed by atoms with Crippen LogP contribution in [0.4, 0.5) is 5.95 Å². The smallest absolute Gasteiger partial charge is 0.245 e. The predicted molar refractivity (Wildman–Crippen MR) is 123 cm³/mol. The molecule has 162 valence electrons. The Hall–Kier alpha value is -2.42. The van der Waals surface area contributed by atoms with Gasteiger partial charge >= 0.3 is 0 Å². The van der Waals surface area contributed by atoms with E-state index in [4.69, 9.17) is 0 Å². The molecule has 8 nitrogen and oxygen atoms in total. The summed E-state index contributed by atoms with van der Waals surface area (Å²) in [5.74, 6) is 0.759. The normalized spacial score (nSPS) is 16.1. The van der Waals surface area contributed by atoms with Crippen molar-refractivity contribution in [2.75, 3.05) is 18.0 Å². The lowest BCUT2D eigenvalue weighted by Gasteiger charge is -2.25. The first kappa shape index (κ1) is 23.9. The van der Waals surface area contributed by atoms with E-state index in [1.807, 2.05) is 12.1 Å². The van der Waals surface area contributed by atoms with Crippen molar-refractivity contribution in [2.24, 2.45) is 0 Å². The third-order valence-electron chi connectivity index (χ3n) is 4.76. The van der Waals surface area contributed by atoms with E-state index < -0.39 is 0 Å². The van der Waals surface area contributed by atoms with Crippen LogP contribution < -0.4 is 10.2 Å². The van der Waals surface area contributed by atoms with Crippen LogP contribution in [0.3, 0.4) is 0 Å². The van der Waals surface area contributed by atoms with E-state index in [1.54, 1.807) is 24.7 Å². The van der Waals surface area contributed by atoms with E-state index in [9.17, 15) is 5.11 Å². The van der Waals surface area contributed by atoms with Crippen molar-refractivity contribution >= 4 is 30.8 Å². The standard InChI is InChI=1S/C20H25N7O.2ClH/c1-20(2,3)24-15-6-7-27(12-15)19-21-11-17(25-26-19)16-5-4-13(8-18(16)28)14-9-22-23-10-14;;/h4-5,8-11,15,24,28H,6-7,12H2,1-3H3,(H,22,23);2*1H. The van der Waals surface area contributed by atoms with Gasteiger partial charge in [-0.05, 0) is 44.9 Å². The Morgan fingerprint density at radius 3 is 2.53 bits per heavy atom. The Bertz CT molecular complexity index is 943. The summed E-state index contributed by atoms with van der Waals surface area (Å²) in [5.41, 5.74) is 3.02. The molecule has 1 atom stereocenters. The molecule has 3 heterocycles. The zero-order chi connectivity index (χ0) is 19.7. The molecule has 0 spiro atoms. The Morgan fingerprint density at radius 2 is 1.93 bits per heavy atom. The van der Waals surface area contributed by atoms with Gasteiger partial charge in [0.2, 0.25) is 5.95 Å². The second kappa shape index (κ2) is 9.59. The lowest BCUT2D eigenvalue weighted by atomic mass is 10.0. The average Bonchev–Trinajstić information content (AvgIpc) is 3.32. The number of nitrogens with zero attached hydrogens (tertiary/aromatic N) is 5. The molecule has 0 radical (unpaired) electrons. The molecule has 1 unspecified atom stereocenters. The van der Waals surface area contributed by atoms with Gasteiger partial charge in [0.1, 0.15) is 11.4 Å². The summed E-state index contributed by atoms with van der Waals surface area (Å²) in [6.07, 6.45) is 6.21. The fourth-order valence-electron chi connectivity index (χ4n) is 3.55. The summed E-state index contributed by atoms with van der Waals surface area (Å²) in [7, 11) is 0. The third kappa shape index (κ3) is 5.38. The number of phenolic OH excluding ortho intramolecular Hbond substituents is 1. The van der Waals surface area contributed by atoms with Gasteiger partial charge in [-0.15, -0.1) is 35.0 Å². The quantitative estimate of drug-likeness (QED) is 0.557. The summed E-state index contributed by atoms with van der Waals surface area (Å²) in [6.45, 7) is 8.29. The zero-order valence-electron chi connectivity index (χ0n) is 17.2. The van der Waals surface area contributed by atoms with Gasteiger partial charge in [-0.25, -0.2) is 4.98 Å². The minimum Gasteiger partial charge on any atom is -0.507 e. The summed E-state index contributed by atoms with van der Waals surface area (Å²) < 4.78 is 0. The van der Waals surface area contributed by atoms with Crippen LogP contribution >= 0.6 is 24.8 Å². The van der Waals surface area contributed by atoms with Gasteiger partial charge in [0, 0.05) is 42.0 Å². The highest BCUT2D eigenvalue weighted by Gasteiger charge is 2.27. The Labute approximate surface area is 188 Å². The summed E-state index contributed by atoms with van der Waals surface area (Å²) in [6, 6.07) is 5.85. The maximum absolute atomic E-state index is 10.4. The maximum atomic E-state index is 10.4. The van der Waals surface area contributed by atoms with Gasteiger partial charge in [0.25, 0.3) is 0 Å². The monoisotopic (exact) mass is 451 g/mol. The molecule has 1 aliphatic rings. The lowest BCUT2D eigenvalue weighted by molar-refractivity contribution is 0.373. The number of aromatic hydroxyl groups is 1. The molecule has 3 N–H and O–H groups in total. The van der Waals surface area contributed by atoms with E-state index in [1.165, 1.54) is 0 Å². The first-order valence-electron chi connectivity index (χ1n) is 9.44. The fraction of sp³-hybridized carbons (Fsp3) is 0.400. The van der Waals surface area contributed by atoms with Gasteiger partial charge in [-0.3, -0.25) is 5.10 Å². The molecule has 4 rings (SSSR count). The molecule has 1 aromatic carbocycles. The number of H-pyrrole nitrogens is 1. The first-order valence-corrected chi connectivity index (χ1v) is 9.44. The van der Waals surface area contributed by atoms with Crippen LogP contribution in [0.1, 0.15) is 27.2 Å². The second-order valence-electron chi connectivity index (χ2n) is 8.19. The largest absolute Gasteiger partial charge is 0.507 e. The number of aromatic nitrogens is 5. The van der Waals surface area contributed by atoms with Crippen molar-refractivity contribution in [1.29, 1.82) is 0 Å². The molecule has 0 amide bonds. The summed E-state index contributed by atoms with van der Waals surface area (Å²) in [4.78, 5) is 6.62. The molecular weight excluding hydrogens is 425 g/mol. The molecular formula is C20H27Cl2N7O. The third-order valence-corrected chi connectivity index (χ3v) is 4.76. The molecule has 0 aliphatic carbocycles. The van der Waals surface area contributed by atoms with Crippen LogP contribution in [0.15, 0.2) is 36.8 Å². The molecule has 0 saturated carbocycles. The highest BCUT2D eigenvalue weighted by molar-refractivity contribution is 5.85. The van der Waals surface area contributed by atoms with Crippen molar-refractivity contribution in [3.8, 4) is 28.1 Å². The second-order valence-corrected chi connectivity index (χ2v) is 8.19. The number of nitrogens with one attached hydrogen (secondary N) is 2. The molecule has 1 fully saturated rings. The Balaban J connectivity index is 0.00000160. The highest BCUT2D eigenvalue weighted by Crippen LogP contribution is 2.32. The Kier molecular flexibility index (Phi) is 7.63. The van der Waals surface area contributed by atoms with Crippen LogP contribution in [0.25, 0.3) is 22.4 Å². The SMILES string of the molecule is CC(C)(C)NC1CCN(c2ncc(-c3ccc(-c4cn[nH]c4)cc3O)nn2)C1.Cl.Cl. The molecule has 0 bridgehead atoms. The minimum absolute atomic E-state index is 0. The van der Waals surface area contributed by atoms with Crippen LogP contribution in [-0.4, -0.2) is 55.2 Å². The molecule has 10 heteroatoms. The predicted octanol–water partition coefficient (Wildman–Crippen LogP) is 3.44. The number of benzene rings is 1. The highest BCUT2D eigenvalue weighted by atomic mass is 35.5. The summed E-state index contributed by atoms with van der Waals surface area (Å²) in [5, 5.41) is 29.3. The van der Waals surface area contributed by atoms with Crippen molar-refractivity contribution in [1.82, 2.24) is 30.7 Å². The van der Waals surface area contributed by atoms with E-state index in [2.05, 4.69) is 56.4 Å². The summed E-state index contributed by atoms with van der Waals surface area (Å²) >= 11 is 0. The maximum Gasteiger partial charge on any atom is 0.245 e. The van der Waals surface area contributed by atoms with Crippen molar-refractivity contribution in [3.63, 3.8) is 0 Å².